The van der Waals surface area contributed by atoms with Gasteiger partial charge >= 0.3 is 0 Å². The lowest BCUT2D eigenvalue weighted by atomic mass is 10.2. The van der Waals surface area contributed by atoms with Crippen LogP contribution in [0.15, 0.2) is 24.3 Å². The van der Waals surface area contributed by atoms with Crippen LogP contribution in [0.2, 0.25) is 0 Å². The number of nitrogens with one attached hydrogen (secondary N) is 1. The highest BCUT2D eigenvalue weighted by molar-refractivity contribution is 5.79. The Morgan fingerprint density at radius 3 is 2.58 bits per heavy atom. The molecule has 0 radical (unpaired) electrons. The number of nitrogens with two attached hydrogens (primary N) is 1. The molecule has 0 spiro atoms. The smallest absolute Gasteiger partial charge is 0.234 e. The summed E-state index contributed by atoms with van der Waals surface area (Å²) in [5.41, 5.74) is 6.29. The van der Waals surface area contributed by atoms with Crippen molar-refractivity contribution in [1.29, 1.82) is 0 Å². The molecule has 3 N–H and O–H groups in total. The van der Waals surface area contributed by atoms with Crippen LogP contribution in [0.5, 0.6) is 5.75 Å². The van der Waals surface area contributed by atoms with Crippen LogP contribution in [0.25, 0.3) is 0 Å². The zero-order valence-electron chi connectivity index (χ0n) is 11.8. The first-order valence-electron chi connectivity index (χ1n) is 6.88. The SMILES string of the molecule is CCCCCOc1ccc(CN[C@@H](C)C(N)=O)cc1. The number of carbonyl (C=O) groups excluding carboxylic acids is 1. The lowest BCUT2D eigenvalue weighted by Crippen LogP contribution is -2.38. The second kappa shape index (κ2) is 8.53. The summed E-state index contributed by atoms with van der Waals surface area (Å²) in [5.74, 6) is 0.554. The van der Waals surface area contributed by atoms with Gasteiger partial charge in [0, 0.05) is 6.54 Å². The average Bonchev–Trinajstić information content (AvgIpc) is 2.42. The standard InChI is InChI=1S/C15H24N2O2/c1-3-4-5-10-19-14-8-6-13(7-9-14)11-17-12(2)15(16)18/h6-9,12,17H,3-5,10-11H2,1-2H3,(H2,16,18)/t12-/m0/s1. The molecule has 4 nitrogen and oxygen atoms in total. The molecule has 19 heavy (non-hydrogen) atoms. The van der Waals surface area contributed by atoms with Crippen molar-refractivity contribution in [3.63, 3.8) is 0 Å². The van der Waals surface area contributed by atoms with Crippen LogP contribution in [-0.4, -0.2) is 18.6 Å². The fourth-order valence-corrected chi connectivity index (χ4v) is 1.62. The van der Waals surface area contributed by atoms with Crippen LogP contribution in [-0.2, 0) is 11.3 Å². The second-order valence-electron chi connectivity index (χ2n) is 4.70. The summed E-state index contributed by atoms with van der Waals surface area (Å²) < 4.78 is 5.63. The number of hydrogen-bond donors (Lipinski definition) is 2. The molecule has 0 aliphatic carbocycles. The molecule has 0 aliphatic heterocycles. The molecule has 0 fully saturated rings. The molecule has 0 aromatic heterocycles. The predicted octanol–water partition coefficient (Wildman–Crippen LogP) is 2.22. The van der Waals surface area contributed by atoms with E-state index in [1.165, 1.54) is 12.8 Å². The Morgan fingerprint density at radius 1 is 1.32 bits per heavy atom. The van der Waals surface area contributed by atoms with Gasteiger partial charge in [-0.05, 0) is 31.0 Å². The van der Waals surface area contributed by atoms with Crippen molar-refractivity contribution in [3.05, 3.63) is 29.8 Å². The zero-order chi connectivity index (χ0) is 14.1. The molecular formula is C15H24N2O2. The van der Waals surface area contributed by atoms with Gasteiger partial charge in [-0.15, -0.1) is 0 Å². The van der Waals surface area contributed by atoms with Crippen LogP contribution in [0.4, 0.5) is 0 Å². The fraction of sp³-hybridized carbons (Fsp3) is 0.533. The van der Waals surface area contributed by atoms with Crippen LogP contribution in [0.1, 0.15) is 38.7 Å². The summed E-state index contributed by atoms with van der Waals surface area (Å²) in [4.78, 5) is 10.9. The van der Waals surface area contributed by atoms with E-state index in [0.29, 0.717) is 6.54 Å². The van der Waals surface area contributed by atoms with E-state index in [2.05, 4.69) is 12.2 Å². The summed E-state index contributed by atoms with van der Waals surface area (Å²) in [6.45, 7) is 5.33. The highest BCUT2D eigenvalue weighted by atomic mass is 16.5. The number of amides is 1. The Kier molecular flexibility index (Phi) is 6.97. The number of unbranched alkanes of at least 4 members (excludes halogenated alkanes) is 2. The Hall–Kier alpha value is -1.55. The third-order valence-electron chi connectivity index (χ3n) is 2.98. The number of benzene rings is 1. The molecule has 0 saturated heterocycles. The monoisotopic (exact) mass is 264 g/mol. The van der Waals surface area contributed by atoms with E-state index in [-0.39, 0.29) is 11.9 Å². The third kappa shape index (κ3) is 6.25. The Bertz CT molecular complexity index is 376. The largest absolute Gasteiger partial charge is 0.494 e. The minimum atomic E-state index is -0.337. The topological polar surface area (TPSA) is 64.3 Å². The van der Waals surface area contributed by atoms with Crippen LogP contribution >= 0.6 is 0 Å². The van der Waals surface area contributed by atoms with Crippen LogP contribution in [0, 0.1) is 0 Å². The van der Waals surface area contributed by atoms with Gasteiger partial charge in [0.2, 0.25) is 5.91 Å². The first kappa shape index (κ1) is 15.5. The Morgan fingerprint density at radius 2 is 2.00 bits per heavy atom. The van der Waals surface area contributed by atoms with Crippen molar-refractivity contribution in [1.82, 2.24) is 5.32 Å². The van der Waals surface area contributed by atoms with Crippen molar-refractivity contribution in [3.8, 4) is 5.75 Å². The molecule has 0 aliphatic rings. The van der Waals surface area contributed by atoms with Crippen molar-refractivity contribution in [2.24, 2.45) is 5.73 Å². The Labute approximate surface area is 115 Å². The molecule has 106 valence electrons. The summed E-state index contributed by atoms with van der Waals surface area (Å²) >= 11 is 0. The highest BCUT2D eigenvalue weighted by Crippen LogP contribution is 2.13. The number of primary amides is 1. The maximum Gasteiger partial charge on any atom is 0.234 e. The summed E-state index contributed by atoms with van der Waals surface area (Å²) in [5, 5.41) is 3.06. The van der Waals surface area contributed by atoms with Crippen molar-refractivity contribution in [2.45, 2.75) is 45.7 Å². The normalized spacial score (nSPS) is 12.1. The van der Waals surface area contributed by atoms with E-state index in [4.69, 9.17) is 10.5 Å². The molecule has 0 bridgehead atoms. The fourth-order valence-electron chi connectivity index (χ4n) is 1.62. The first-order valence-corrected chi connectivity index (χ1v) is 6.88. The van der Waals surface area contributed by atoms with Gasteiger partial charge in [-0.2, -0.15) is 0 Å². The van der Waals surface area contributed by atoms with Gasteiger partial charge in [0.15, 0.2) is 0 Å². The molecular weight excluding hydrogens is 240 g/mol. The lowest BCUT2D eigenvalue weighted by molar-refractivity contribution is -0.119. The van der Waals surface area contributed by atoms with Crippen LogP contribution < -0.4 is 15.8 Å². The van der Waals surface area contributed by atoms with E-state index in [9.17, 15) is 4.79 Å². The van der Waals surface area contributed by atoms with E-state index in [0.717, 1.165) is 24.3 Å². The summed E-state index contributed by atoms with van der Waals surface area (Å²) in [7, 11) is 0. The highest BCUT2D eigenvalue weighted by Gasteiger charge is 2.06. The average molecular weight is 264 g/mol. The number of carbonyl (C=O) groups is 1. The summed E-state index contributed by atoms with van der Waals surface area (Å²) in [6, 6.07) is 7.59. The van der Waals surface area contributed by atoms with Gasteiger partial charge in [-0.1, -0.05) is 31.9 Å². The van der Waals surface area contributed by atoms with Crippen LogP contribution in [0.3, 0.4) is 0 Å². The van der Waals surface area contributed by atoms with Gasteiger partial charge in [0.1, 0.15) is 5.75 Å². The van der Waals surface area contributed by atoms with Crippen molar-refractivity contribution < 1.29 is 9.53 Å². The van der Waals surface area contributed by atoms with Crippen molar-refractivity contribution >= 4 is 5.91 Å². The van der Waals surface area contributed by atoms with E-state index < -0.39 is 0 Å². The predicted molar refractivity (Wildman–Crippen MR) is 77.0 cm³/mol. The molecule has 1 aromatic rings. The number of hydrogen-bond acceptors (Lipinski definition) is 3. The van der Waals surface area contributed by atoms with Gasteiger partial charge < -0.3 is 15.8 Å². The maximum absolute atomic E-state index is 10.9. The van der Waals surface area contributed by atoms with Gasteiger partial charge in [-0.3, -0.25) is 4.79 Å². The minimum absolute atomic E-state index is 0.315. The molecule has 0 unspecified atom stereocenters. The minimum Gasteiger partial charge on any atom is -0.494 e. The van der Waals surface area contributed by atoms with E-state index >= 15 is 0 Å². The molecule has 0 saturated carbocycles. The molecule has 1 rings (SSSR count). The van der Waals surface area contributed by atoms with Gasteiger partial charge in [-0.25, -0.2) is 0 Å². The van der Waals surface area contributed by atoms with Gasteiger partial charge in [0.05, 0.1) is 12.6 Å². The maximum atomic E-state index is 10.9. The zero-order valence-corrected chi connectivity index (χ0v) is 11.8. The molecule has 4 heteroatoms. The lowest BCUT2D eigenvalue weighted by Gasteiger charge is -2.10. The second-order valence-corrected chi connectivity index (χ2v) is 4.70. The van der Waals surface area contributed by atoms with Crippen molar-refractivity contribution in [2.75, 3.05) is 6.61 Å². The third-order valence-corrected chi connectivity index (χ3v) is 2.98. The Balaban J connectivity index is 2.33. The molecule has 1 aromatic carbocycles. The first-order chi connectivity index (χ1) is 9.13. The molecule has 0 heterocycles. The number of rotatable bonds is 9. The molecule has 1 atom stereocenters. The quantitative estimate of drug-likeness (QED) is 0.672. The van der Waals surface area contributed by atoms with E-state index in [1.807, 2.05) is 24.3 Å². The van der Waals surface area contributed by atoms with E-state index in [1.54, 1.807) is 6.92 Å². The number of ether oxygens (including phenoxy) is 1. The van der Waals surface area contributed by atoms with Gasteiger partial charge in [0.25, 0.3) is 0 Å². The molecule has 1 amide bonds. The summed E-state index contributed by atoms with van der Waals surface area (Å²) in [6.07, 6.45) is 3.49.